The van der Waals surface area contributed by atoms with Crippen LogP contribution in [0.1, 0.15) is 29.4 Å². The van der Waals surface area contributed by atoms with E-state index in [1.165, 1.54) is 18.2 Å². The van der Waals surface area contributed by atoms with E-state index in [9.17, 15) is 14.0 Å². The number of aryl methyl sites for hydroxylation is 1. The maximum Gasteiger partial charge on any atom is 0.239 e. The average molecular weight is 423 g/mol. The van der Waals surface area contributed by atoms with Crippen molar-refractivity contribution >= 4 is 17.5 Å². The van der Waals surface area contributed by atoms with E-state index >= 15 is 0 Å². The Morgan fingerprint density at radius 3 is 2.52 bits per heavy atom. The molecule has 7 nitrogen and oxygen atoms in total. The summed E-state index contributed by atoms with van der Waals surface area (Å²) in [5, 5.41) is 7.44. The molecule has 1 heterocycles. The van der Waals surface area contributed by atoms with Crippen LogP contribution in [0.15, 0.2) is 54.6 Å². The molecule has 0 fully saturated rings. The first-order valence-electron chi connectivity index (χ1n) is 9.94. The molecule has 0 saturated heterocycles. The van der Waals surface area contributed by atoms with Crippen LogP contribution in [0, 0.1) is 19.7 Å². The summed E-state index contributed by atoms with van der Waals surface area (Å²) in [5.74, 6) is -1.27. The predicted octanol–water partition coefficient (Wildman–Crippen LogP) is 3.12. The molecule has 1 aromatic heterocycles. The lowest BCUT2D eigenvalue weighted by Gasteiger charge is -2.25. The molecule has 0 aliphatic heterocycles. The van der Waals surface area contributed by atoms with Gasteiger partial charge in [-0.15, -0.1) is 0 Å². The molecule has 3 aromatic rings. The Bertz CT molecular complexity index is 1080. The molecule has 1 atom stereocenters. The van der Waals surface area contributed by atoms with Gasteiger partial charge in [0.05, 0.1) is 22.8 Å². The summed E-state index contributed by atoms with van der Waals surface area (Å²) in [4.78, 5) is 26.2. The zero-order valence-corrected chi connectivity index (χ0v) is 17.8. The number of nitrogens with two attached hydrogens (primary N) is 1. The molecule has 8 heteroatoms. The van der Waals surface area contributed by atoms with E-state index in [2.05, 4.69) is 10.4 Å². The van der Waals surface area contributed by atoms with Gasteiger partial charge in [-0.1, -0.05) is 30.3 Å². The maximum atomic E-state index is 13.6. The second-order valence-corrected chi connectivity index (χ2v) is 7.43. The zero-order chi connectivity index (χ0) is 22.5. The molecule has 3 N–H and O–H groups in total. The number of halogens is 1. The summed E-state index contributed by atoms with van der Waals surface area (Å²) in [6.07, 6.45) is 0.130. The number of amides is 2. The summed E-state index contributed by atoms with van der Waals surface area (Å²) in [6, 6.07) is 14.6. The van der Waals surface area contributed by atoms with Crippen molar-refractivity contribution in [1.29, 1.82) is 0 Å². The Kier molecular flexibility index (Phi) is 6.81. The van der Waals surface area contributed by atoms with Gasteiger partial charge < -0.3 is 11.1 Å². The fourth-order valence-electron chi connectivity index (χ4n) is 3.57. The number of primary amides is 1. The largest absolute Gasteiger partial charge is 0.368 e. The van der Waals surface area contributed by atoms with Crippen molar-refractivity contribution in [2.24, 2.45) is 5.73 Å². The topological polar surface area (TPSA) is 93.2 Å². The lowest BCUT2D eigenvalue weighted by molar-refractivity contribution is -0.124. The van der Waals surface area contributed by atoms with Gasteiger partial charge in [-0.25, -0.2) is 9.07 Å². The number of carbonyl (C=O) groups is 2. The lowest BCUT2D eigenvalue weighted by Crippen LogP contribution is -2.37. The normalized spacial score (nSPS) is 12.0. The number of likely N-dealkylation sites (N-methyl/N-ethyl adjacent to an activating group) is 1. The van der Waals surface area contributed by atoms with E-state index in [4.69, 9.17) is 5.73 Å². The van der Waals surface area contributed by atoms with Crippen LogP contribution in [0.4, 0.5) is 10.1 Å². The quantitative estimate of drug-likeness (QED) is 0.582. The van der Waals surface area contributed by atoms with Crippen molar-refractivity contribution in [2.45, 2.75) is 26.3 Å². The third-order valence-corrected chi connectivity index (χ3v) is 5.12. The Balaban J connectivity index is 1.67. The fourth-order valence-corrected chi connectivity index (χ4v) is 3.57. The molecule has 0 spiro atoms. The number of aromatic nitrogens is 2. The maximum absolute atomic E-state index is 13.6. The fraction of sp³-hybridized carbons (Fsp3) is 0.261. The monoisotopic (exact) mass is 423 g/mol. The minimum Gasteiger partial charge on any atom is -0.368 e. The molecule has 0 bridgehead atoms. The minimum atomic E-state index is -0.826. The number of hydrogen-bond donors (Lipinski definition) is 2. The van der Waals surface area contributed by atoms with Crippen LogP contribution in [0.25, 0.3) is 5.69 Å². The molecule has 0 aliphatic rings. The molecule has 2 aromatic carbocycles. The van der Waals surface area contributed by atoms with Gasteiger partial charge in [0.25, 0.3) is 0 Å². The number of benzene rings is 2. The van der Waals surface area contributed by atoms with Crippen molar-refractivity contribution in [1.82, 2.24) is 14.7 Å². The van der Waals surface area contributed by atoms with Crippen LogP contribution in [0.3, 0.4) is 0 Å². The number of nitrogens with zero attached hydrogens (tertiary/aromatic N) is 3. The zero-order valence-electron chi connectivity index (χ0n) is 17.8. The summed E-state index contributed by atoms with van der Waals surface area (Å²) < 4.78 is 15.4. The molecular weight excluding hydrogens is 397 g/mol. The number of hydrogen-bond acceptors (Lipinski definition) is 4. The van der Waals surface area contributed by atoms with Crippen molar-refractivity contribution in [3.05, 3.63) is 77.4 Å². The molecular formula is C23H26FN5O2. The molecule has 3 rings (SSSR count). The first-order valence-corrected chi connectivity index (χ1v) is 9.94. The van der Waals surface area contributed by atoms with Gasteiger partial charge in [-0.3, -0.25) is 14.5 Å². The summed E-state index contributed by atoms with van der Waals surface area (Å²) in [5.41, 5.74) is 9.07. The Morgan fingerprint density at radius 2 is 1.87 bits per heavy atom. The van der Waals surface area contributed by atoms with Gasteiger partial charge >= 0.3 is 0 Å². The SMILES string of the molecule is Cc1nn(-c2ccccc2)c(C)c1NC(=O)CCN(C)C(C(N)=O)c1cccc(F)c1. The second-order valence-electron chi connectivity index (χ2n) is 7.43. The molecule has 0 aliphatic carbocycles. The Labute approximate surface area is 180 Å². The van der Waals surface area contributed by atoms with Gasteiger partial charge in [0.15, 0.2) is 0 Å². The van der Waals surface area contributed by atoms with E-state index < -0.39 is 17.8 Å². The number of anilines is 1. The molecule has 1 unspecified atom stereocenters. The number of para-hydroxylation sites is 1. The molecule has 2 amide bonds. The highest BCUT2D eigenvalue weighted by atomic mass is 19.1. The van der Waals surface area contributed by atoms with Gasteiger partial charge in [0.1, 0.15) is 11.9 Å². The smallest absolute Gasteiger partial charge is 0.239 e. The van der Waals surface area contributed by atoms with Gasteiger partial charge in [-0.05, 0) is 50.7 Å². The number of rotatable bonds is 8. The van der Waals surface area contributed by atoms with Crippen molar-refractivity contribution < 1.29 is 14.0 Å². The standard InChI is InChI=1S/C23H26FN5O2/c1-15-21(16(2)29(27-15)19-10-5-4-6-11-19)26-20(30)12-13-28(3)22(23(25)31)17-8-7-9-18(24)14-17/h4-11,14,22H,12-13H2,1-3H3,(H2,25,31)(H,26,30). The van der Waals surface area contributed by atoms with Crippen molar-refractivity contribution in [3.8, 4) is 5.69 Å². The van der Waals surface area contributed by atoms with Crippen LogP contribution in [-0.2, 0) is 9.59 Å². The van der Waals surface area contributed by atoms with E-state index in [-0.39, 0.29) is 18.9 Å². The Morgan fingerprint density at radius 1 is 1.16 bits per heavy atom. The highest BCUT2D eigenvalue weighted by molar-refractivity contribution is 5.92. The molecule has 0 saturated carbocycles. The highest BCUT2D eigenvalue weighted by Gasteiger charge is 2.24. The minimum absolute atomic E-state index is 0.130. The predicted molar refractivity (Wildman–Crippen MR) is 117 cm³/mol. The number of carbonyl (C=O) groups excluding carboxylic acids is 2. The molecule has 0 radical (unpaired) electrons. The van der Waals surface area contributed by atoms with Crippen molar-refractivity contribution in [2.75, 3.05) is 18.9 Å². The van der Waals surface area contributed by atoms with Gasteiger partial charge in [0.2, 0.25) is 11.8 Å². The third-order valence-electron chi connectivity index (χ3n) is 5.12. The van der Waals surface area contributed by atoms with E-state index in [0.29, 0.717) is 16.9 Å². The van der Waals surface area contributed by atoms with Crippen LogP contribution < -0.4 is 11.1 Å². The highest BCUT2D eigenvalue weighted by Crippen LogP contribution is 2.24. The van der Waals surface area contributed by atoms with Crippen molar-refractivity contribution in [3.63, 3.8) is 0 Å². The average Bonchev–Trinajstić information content (AvgIpc) is 3.01. The second kappa shape index (κ2) is 9.53. The first-order chi connectivity index (χ1) is 14.8. The van der Waals surface area contributed by atoms with Crippen LogP contribution >= 0.6 is 0 Å². The third kappa shape index (κ3) is 5.16. The van der Waals surface area contributed by atoms with E-state index in [1.807, 2.05) is 44.2 Å². The lowest BCUT2D eigenvalue weighted by atomic mass is 10.0. The summed E-state index contributed by atoms with van der Waals surface area (Å²) in [7, 11) is 1.68. The first kappa shape index (κ1) is 22.2. The van der Waals surface area contributed by atoms with Gasteiger partial charge in [0, 0.05) is 13.0 Å². The Hall–Kier alpha value is -3.52. The van der Waals surface area contributed by atoms with Gasteiger partial charge in [-0.2, -0.15) is 5.10 Å². The van der Waals surface area contributed by atoms with E-state index in [1.54, 1.807) is 22.7 Å². The number of nitrogens with one attached hydrogen (secondary N) is 1. The van der Waals surface area contributed by atoms with Crippen LogP contribution in [0.5, 0.6) is 0 Å². The molecule has 31 heavy (non-hydrogen) atoms. The summed E-state index contributed by atoms with van der Waals surface area (Å²) >= 11 is 0. The van der Waals surface area contributed by atoms with E-state index in [0.717, 1.165) is 11.4 Å². The van der Waals surface area contributed by atoms with Crippen LogP contribution in [-0.4, -0.2) is 40.1 Å². The molecule has 162 valence electrons. The van der Waals surface area contributed by atoms with Crippen LogP contribution in [0.2, 0.25) is 0 Å². The summed E-state index contributed by atoms with van der Waals surface area (Å²) in [6.45, 7) is 3.99.